The number of hydrogen-bond acceptors (Lipinski definition) is 3. The highest BCUT2D eigenvalue weighted by molar-refractivity contribution is 7.77. The topological polar surface area (TPSA) is 32.3 Å². The zero-order valence-electron chi connectivity index (χ0n) is 8.05. The van der Waals surface area contributed by atoms with Gasteiger partial charge in [-0.2, -0.15) is 13.2 Å². The molecule has 1 aliphatic rings. The molecule has 0 aliphatic carbocycles. The molecule has 1 saturated heterocycles. The molecule has 15 heavy (non-hydrogen) atoms. The summed E-state index contributed by atoms with van der Waals surface area (Å²) in [5.41, 5.74) is 0. The van der Waals surface area contributed by atoms with E-state index in [2.05, 4.69) is 12.8 Å². The highest BCUT2D eigenvalue weighted by atomic mass is 32.1. The third kappa shape index (κ3) is 4.74. The van der Waals surface area contributed by atoms with Crippen molar-refractivity contribution in [3.8, 4) is 0 Å². The fourth-order valence-electron chi connectivity index (χ4n) is 1.46. The number of carbonyl (C=O) groups is 1. The minimum atomic E-state index is -4.33. The lowest BCUT2D eigenvalue weighted by Crippen LogP contribution is -2.41. The summed E-state index contributed by atoms with van der Waals surface area (Å²) in [5.74, 6) is -0.815. The highest BCUT2D eigenvalue weighted by Gasteiger charge is 2.30. The number of halogens is 3. The van der Waals surface area contributed by atoms with Crippen molar-refractivity contribution < 1.29 is 18.0 Å². The second-order valence-corrected chi connectivity index (χ2v) is 4.13. The molecule has 1 rings (SSSR count). The van der Waals surface area contributed by atoms with Crippen LogP contribution in [0.2, 0.25) is 0 Å². The molecule has 0 spiro atoms. The van der Waals surface area contributed by atoms with E-state index < -0.39 is 18.6 Å². The van der Waals surface area contributed by atoms with Crippen LogP contribution in [0.3, 0.4) is 0 Å². The number of alkyl halides is 3. The smallest absolute Gasteiger partial charge is 0.347 e. The van der Waals surface area contributed by atoms with Gasteiger partial charge < -0.3 is 5.32 Å². The highest BCUT2D eigenvalue weighted by Crippen LogP contribution is 2.19. The molecular formula is C8H13F3N2OS. The molecule has 0 aromatic heterocycles. The number of hydrogen-bond donors (Lipinski definition) is 2. The van der Waals surface area contributed by atoms with Crippen molar-refractivity contribution in [2.24, 2.45) is 5.92 Å². The first-order valence-electron chi connectivity index (χ1n) is 4.67. The minimum Gasteiger partial charge on any atom is -0.347 e. The quantitative estimate of drug-likeness (QED) is 0.714. The molecule has 0 saturated carbocycles. The van der Waals surface area contributed by atoms with Gasteiger partial charge in [0.2, 0.25) is 5.91 Å². The van der Waals surface area contributed by atoms with Gasteiger partial charge in [-0.25, -0.2) is 0 Å². The number of carbonyl (C=O) groups excluding carboxylic acids is 1. The van der Waals surface area contributed by atoms with Crippen molar-refractivity contribution in [1.29, 1.82) is 0 Å². The van der Waals surface area contributed by atoms with Crippen molar-refractivity contribution in [2.75, 3.05) is 19.6 Å². The fraction of sp³-hybridized carbons (Fsp3) is 0.875. The van der Waals surface area contributed by atoms with Crippen LogP contribution in [0, 0.1) is 5.92 Å². The first-order valence-corrected chi connectivity index (χ1v) is 5.07. The molecule has 0 aromatic carbocycles. The zero-order valence-corrected chi connectivity index (χ0v) is 8.94. The van der Waals surface area contributed by atoms with Crippen LogP contribution in [-0.4, -0.2) is 36.0 Å². The van der Waals surface area contributed by atoms with Crippen LogP contribution >= 0.6 is 12.8 Å². The zero-order chi connectivity index (χ0) is 11.5. The molecule has 0 bridgehead atoms. The van der Waals surface area contributed by atoms with Gasteiger partial charge in [-0.1, -0.05) is 12.8 Å². The number of amides is 1. The van der Waals surface area contributed by atoms with E-state index in [9.17, 15) is 18.0 Å². The molecule has 1 N–H and O–H groups in total. The minimum absolute atomic E-state index is 0.309. The summed E-state index contributed by atoms with van der Waals surface area (Å²) in [5, 5.41) is 1.90. The average Bonchev–Trinajstić information content (AvgIpc) is 2.14. The Morgan fingerprint density at radius 3 is 2.40 bits per heavy atom. The second kappa shape index (κ2) is 5.07. The van der Waals surface area contributed by atoms with E-state index in [-0.39, 0.29) is 5.92 Å². The lowest BCUT2D eigenvalue weighted by molar-refractivity contribution is -0.141. The van der Waals surface area contributed by atoms with Gasteiger partial charge in [0, 0.05) is 19.0 Å². The first-order chi connectivity index (χ1) is 6.88. The SMILES string of the molecule is O=C(NCC(F)(F)F)C1CCN(S)CC1. The van der Waals surface area contributed by atoms with Crippen LogP contribution in [0.15, 0.2) is 0 Å². The predicted octanol–water partition coefficient (Wildman–Crippen LogP) is 1.22. The molecule has 1 heterocycles. The summed E-state index contributed by atoms with van der Waals surface area (Å²) >= 11 is 4.09. The van der Waals surface area contributed by atoms with Gasteiger partial charge in [-0.3, -0.25) is 9.10 Å². The molecule has 3 nitrogen and oxygen atoms in total. The molecule has 0 radical (unpaired) electrons. The van der Waals surface area contributed by atoms with Gasteiger partial charge >= 0.3 is 6.18 Å². The first kappa shape index (κ1) is 12.6. The van der Waals surface area contributed by atoms with E-state index in [0.717, 1.165) is 0 Å². The largest absolute Gasteiger partial charge is 0.405 e. The van der Waals surface area contributed by atoms with Gasteiger partial charge in [0.05, 0.1) is 0 Å². The molecule has 1 aliphatic heterocycles. The fourth-order valence-corrected chi connectivity index (χ4v) is 1.69. The van der Waals surface area contributed by atoms with Crippen molar-refractivity contribution in [2.45, 2.75) is 19.0 Å². The maximum Gasteiger partial charge on any atom is 0.405 e. The summed E-state index contributed by atoms with van der Waals surface area (Å²) in [7, 11) is 0. The number of nitrogens with zero attached hydrogens (tertiary/aromatic N) is 1. The van der Waals surface area contributed by atoms with Gasteiger partial charge in [-0.05, 0) is 12.8 Å². The van der Waals surface area contributed by atoms with Crippen LogP contribution in [0.25, 0.3) is 0 Å². The molecule has 7 heteroatoms. The molecule has 88 valence electrons. The number of rotatable bonds is 2. The lowest BCUT2D eigenvalue weighted by atomic mass is 9.97. The molecular weight excluding hydrogens is 229 g/mol. The molecule has 0 aromatic rings. The standard InChI is InChI=1S/C8H13F3N2OS/c9-8(10,11)5-12-7(14)6-1-3-13(15)4-2-6/h6,15H,1-5H2,(H,12,14). The number of nitrogens with one attached hydrogen (secondary N) is 1. The Morgan fingerprint density at radius 2 is 1.93 bits per heavy atom. The van der Waals surface area contributed by atoms with E-state index in [1.54, 1.807) is 4.31 Å². The predicted molar refractivity (Wildman–Crippen MR) is 52.3 cm³/mol. The Labute approximate surface area is 91.5 Å². The third-order valence-electron chi connectivity index (χ3n) is 2.31. The summed E-state index contributed by atoms with van der Waals surface area (Å²) in [6.07, 6.45) is -3.21. The van der Waals surface area contributed by atoms with Gasteiger partial charge in [0.1, 0.15) is 6.54 Å². The summed E-state index contributed by atoms with van der Waals surface area (Å²) in [4.78, 5) is 11.3. The van der Waals surface area contributed by atoms with Crippen molar-refractivity contribution >= 4 is 18.7 Å². The van der Waals surface area contributed by atoms with Gasteiger partial charge in [0.25, 0.3) is 0 Å². The maximum atomic E-state index is 11.8. The summed E-state index contributed by atoms with van der Waals surface area (Å²) in [6.45, 7) is 0.0212. The van der Waals surface area contributed by atoms with Crippen LogP contribution in [0.1, 0.15) is 12.8 Å². The molecule has 1 amide bonds. The molecule has 0 unspecified atom stereocenters. The molecule has 0 atom stereocenters. The van der Waals surface area contributed by atoms with Gasteiger partial charge in [0.15, 0.2) is 0 Å². The number of piperidine rings is 1. The van der Waals surface area contributed by atoms with Crippen LogP contribution in [0.5, 0.6) is 0 Å². The van der Waals surface area contributed by atoms with E-state index in [1.807, 2.05) is 5.32 Å². The second-order valence-electron chi connectivity index (χ2n) is 3.56. The third-order valence-corrected chi connectivity index (χ3v) is 2.71. The summed E-state index contributed by atoms with van der Waals surface area (Å²) < 4.78 is 37.2. The van der Waals surface area contributed by atoms with Crippen molar-refractivity contribution in [3.05, 3.63) is 0 Å². The summed E-state index contributed by atoms with van der Waals surface area (Å²) in [6, 6.07) is 0. The average molecular weight is 242 g/mol. The van der Waals surface area contributed by atoms with Crippen molar-refractivity contribution in [1.82, 2.24) is 9.62 Å². The molecule has 1 fully saturated rings. The van der Waals surface area contributed by atoms with E-state index >= 15 is 0 Å². The Kier molecular flexibility index (Phi) is 4.27. The monoisotopic (exact) mass is 242 g/mol. The van der Waals surface area contributed by atoms with E-state index in [0.29, 0.717) is 25.9 Å². The number of thiol groups is 1. The van der Waals surface area contributed by atoms with Crippen molar-refractivity contribution in [3.63, 3.8) is 0 Å². The van der Waals surface area contributed by atoms with Crippen LogP contribution in [0.4, 0.5) is 13.2 Å². The Hall–Kier alpha value is -0.430. The van der Waals surface area contributed by atoms with Gasteiger partial charge in [-0.15, -0.1) is 0 Å². The van der Waals surface area contributed by atoms with Crippen LogP contribution < -0.4 is 5.32 Å². The maximum absolute atomic E-state index is 11.8. The normalized spacial score (nSPS) is 20.3. The van der Waals surface area contributed by atoms with E-state index in [4.69, 9.17) is 0 Å². The lowest BCUT2D eigenvalue weighted by Gasteiger charge is -2.27. The Morgan fingerprint density at radius 1 is 1.40 bits per heavy atom. The Balaban J connectivity index is 2.29. The Bertz CT molecular complexity index is 226. The van der Waals surface area contributed by atoms with Crippen LogP contribution in [-0.2, 0) is 4.79 Å². The van der Waals surface area contributed by atoms with E-state index in [1.165, 1.54) is 0 Å².